The number of nitrogens with zero attached hydrogens (tertiary/aromatic N) is 4. The Kier molecular flexibility index (Phi) is 5.97. The molecular weight excluding hydrogens is 379 g/mol. The van der Waals surface area contributed by atoms with E-state index in [9.17, 15) is 0 Å². The van der Waals surface area contributed by atoms with Crippen LogP contribution in [0.5, 0.6) is 0 Å². The fourth-order valence-electron chi connectivity index (χ4n) is 2.20. The van der Waals surface area contributed by atoms with Crippen LogP contribution in [0.4, 0.5) is 0 Å². The molecule has 0 saturated heterocycles. The molecule has 0 bridgehead atoms. The molecule has 1 aromatic heterocycles. The molecule has 1 aliphatic rings. The number of guanidine groups is 1. The first-order valence-corrected chi connectivity index (χ1v) is 6.83. The summed E-state index contributed by atoms with van der Waals surface area (Å²) in [4.78, 5) is 8.39. The summed E-state index contributed by atoms with van der Waals surface area (Å²) in [5, 5.41) is 10.8. The van der Waals surface area contributed by atoms with Crippen LogP contribution in [0.3, 0.4) is 0 Å². The van der Waals surface area contributed by atoms with E-state index in [4.69, 9.17) is 0 Å². The highest BCUT2D eigenvalue weighted by atomic mass is 127. The first kappa shape index (κ1) is 15.7. The van der Waals surface area contributed by atoms with E-state index in [2.05, 4.69) is 43.9 Å². The quantitative estimate of drug-likeness (QED) is 0.764. The average Bonchev–Trinajstić information content (AvgIpc) is 3.00. The second-order valence-corrected chi connectivity index (χ2v) is 4.73. The van der Waals surface area contributed by atoms with Gasteiger partial charge in [-0.1, -0.05) is 24.3 Å². The average molecular weight is 398 g/mol. The van der Waals surface area contributed by atoms with Crippen LogP contribution in [-0.4, -0.2) is 33.8 Å². The smallest absolute Gasteiger partial charge is 0.191 e. The normalized spacial score (nSPS) is 13.8. The van der Waals surface area contributed by atoms with Gasteiger partial charge in [-0.15, -0.1) is 24.0 Å². The van der Waals surface area contributed by atoms with Gasteiger partial charge in [0.1, 0.15) is 12.7 Å². The fraction of sp³-hybridized carbons (Fsp3) is 0.357. The summed E-state index contributed by atoms with van der Waals surface area (Å²) in [6.07, 6.45) is 4.40. The Labute approximate surface area is 141 Å². The van der Waals surface area contributed by atoms with Crippen molar-refractivity contribution < 1.29 is 0 Å². The number of hydrogen-bond acceptors (Lipinski definition) is 5. The zero-order valence-electron chi connectivity index (χ0n) is 11.7. The molecular formula is C14H19IN6. The molecule has 0 unspecified atom stereocenters. The lowest BCUT2D eigenvalue weighted by Gasteiger charge is -2.17. The Hall–Kier alpha value is -1.64. The van der Waals surface area contributed by atoms with E-state index in [-0.39, 0.29) is 24.0 Å². The highest BCUT2D eigenvalue weighted by Crippen LogP contribution is 2.10. The Balaban J connectivity index is 0.00000161. The number of aromatic nitrogens is 3. The maximum Gasteiger partial charge on any atom is 0.191 e. The third-order valence-corrected chi connectivity index (χ3v) is 3.26. The number of hydrogen-bond donors (Lipinski definition) is 2. The number of rotatable bonds is 4. The predicted molar refractivity (Wildman–Crippen MR) is 92.7 cm³/mol. The molecule has 3 rings (SSSR count). The first-order chi connectivity index (χ1) is 9.92. The molecule has 2 N–H and O–H groups in total. The van der Waals surface area contributed by atoms with Crippen LogP contribution in [0.25, 0.3) is 0 Å². The summed E-state index contributed by atoms with van der Waals surface area (Å²) in [5.74, 6) is 0.895. The van der Waals surface area contributed by atoms with Gasteiger partial charge in [-0.3, -0.25) is 4.99 Å². The maximum absolute atomic E-state index is 4.42. The van der Waals surface area contributed by atoms with Crippen LogP contribution in [0.1, 0.15) is 17.5 Å². The molecule has 0 spiro atoms. The van der Waals surface area contributed by atoms with Crippen LogP contribution in [0, 0.1) is 0 Å². The monoisotopic (exact) mass is 398 g/mol. The summed E-state index contributed by atoms with van der Waals surface area (Å²) in [6, 6.07) is 8.35. The second-order valence-electron chi connectivity index (χ2n) is 4.73. The van der Waals surface area contributed by atoms with Gasteiger partial charge in [0.2, 0.25) is 0 Å². The van der Waals surface area contributed by atoms with Gasteiger partial charge in [0.15, 0.2) is 5.96 Å². The lowest BCUT2D eigenvalue weighted by atomic mass is 10.1. The topological polar surface area (TPSA) is 67.1 Å². The van der Waals surface area contributed by atoms with Crippen LogP contribution in [0.2, 0.25) is 0 Å². The minimum Gasteiger partial charge on any atom is -0.356 e. The van der Waals surface area contributed by atoms with Crippen molar-refractivity contribution in [3.05, 3.63) is 48.0 Å². The molecule has 0 amide bonds. The number of aliphatic imine (C=N–C) groups is 1. The van der Waals surface area contributed by atoms with Crippen LogP contribution in [-0.2, 0) is 13.1 Å². The van der Waals surface area contributed by atoms with E-state index in [0.717, 1.165) is 38.6 Å². The third-order valence-electron chi connectivity index (χ3n) is 3.26. The molecule has 21 heavy (non-hydrogen) atoms. The lowest BCUT2D eigenvalue weighted by molar-refractivity contribution is 0.671. The molecule has 2 aromatic rings. The minimum absolute atomic E-state index is 0. The largest absolute Gasteiger partial charge is 0.356 e. The summed E-state index contributed by atoms with van der Waals surface area (Å²) >= 11 is 0. The Bertz CT molecular complexity index is 581. The third kappa shape index (κ3) is 4.42. The van der Waals surface area contributed by atoms with Gasteiger partial charge in [-0.2, -0.15) is 5.10 Å². The van der Waals surface area contributed by atoms with Crippen molar-refractivity contribution in [2.45, 2.75) is 19.5 Å². The molecule has 7 heteroatoms. The number of nitrogens with one attached hydrogen (secondary N) is 2. The van der Waals surface area contributed by atoms with Gasteiger partial charge in [-0.25, -0.2) is 9.67 Å². The zero-order valence-corrected chi connectivity index (χ0v) is 14.0. The van der Waals surface area contributed by atoms with Crippen molar-refractivity contribution in [3.8, 4) is 0 Å². The standard InChI is InChI=1S/C14H18N6.HI/c1-2-5-13(9-20-11-15-10-19-20)12(4-1)8-18-14-16-6-3-7-17-14;/h1-2,4-5,10-11H,3,6-9H2,(H2,16,17,18);1H. The molecule has 1 aliphatic heterocycles. The second kappa shape index (κ2) is 7.96. The van der Waals surface area contributed by atoms with Crippen molar-refractivity contribution in [1.82, 2.24) is 25.4 Å². The molecule has 0 radical (unpaired) electrons. The van der Waals surface area contributed by atoms with E-state index in [1.54, 1.807) is 12.7 Å². The lowest BCUT2D eigenvalue weighted by Crippen LogP contribution is -2.40. The Morgan fingerprint density at radius 1 is 1.24 bits per heavy atom. The van der Waals surface area contributed by atoms with Gasteiger partial charge in [0.05, 0.1) is 6.54 Å². The van der Waals surface area contributed by atoms with E-state index >= 15 is 0 Å². The van der Waals surface area contributed by atoms with Crippen LogP contribution < -0.4 is 10.6 Å². The SMILES string of the molecule is I.c1ccc(Cn2cncn2)c(CNC2=NCCCN2)c1. The summed E-state index contributed by atoms with van der Waals surface area (Å²) in [5.41, 5.74) is 2.49. The Morgan fingerprint density at radius 3 is 2.81 bits per heavy atom. The van der Waals surface area contributed by atoms with E-state index < -0.39 is 0 Å². The van der Waals surface area contributed by atoms with Gasteiger partial charge in [-0.05, 0) is 17.5 Å². The molecule has 0 fully saturated rings. The summed E-state index contributed by atoms with van der Waals surface area (Å²) in [6.45, 7) is 3.39. The molecule has 112 valence electrons. The van der Waals surface area contributed by atoms with Gasteiger partial charge < -0.3 is 10.6 Å². The molecule has 0 atom stereocenters. The molecule has 2 heterocycles. The highest BCUT2D eigenvalue weighted by molar-refractivity contribution is 14.0. The highest BCUT2D eigenvalue weighted by Gasteiger charge is 2.06. The van der Waals surface area contributed by atoms with Crippen molar-refractivity contribution in [2.24, 2.45) is 4.99 Å². The predicted octanol–water partition coefficient (Wildman–Crippen LogP) is 1.38. The van der Waals surface area contributed by atoms with Crippen molar-refractivity contribution in [2.75, 3.05) is 13.1 Å². The zero-order chi connectivity index (χ0) is 13.6. The fourth-order valence-corrected chi connectivity index (χ4v) is 2.20. The van der Waals surface area contributed by atoms with Crippen LogP contribution in [0.15, 0.2) is 41.9 Å². The van der Waals surface area contributed by atoms with Crippen LogP contribution >= 0.6 is 24.0 Å². The van der Waals surface area contributed by atoms with Crippen molar-refractivity contribution >= 4 is 29.9 Å². The van der Waals surface area contributed by atoms with E-state index in [1.165, 1.54) is 11.1 Å². The molecule has 0 saturated carbocycles. The molecule has 6 nitrogen and oxygen atoms in total. The van der Waals surface area contributed by atoms with Crippen molar-refractivity contribution in [1.29, 1.82) is 0 Å². The minimum atomic E-state index is 0. The summed E-state index contributed by atoms with van der Waals surface area (Å²) in [7, 11) is 0. The van der Waals surface area contributed by atoms with Gasteiger partial charge >= 0.3 is 0 Å². The van der Waals surface area contributed by atoms with Crippen molar-refractivity contribution in [3.63, 3.8) is 0 Å². The van der Waals surface area contributed by atoms with E-state index in [0.29, 0.717) is 0 Å². The number of halogens is 1. The Morgan fingerprint density at radius 2 is 2.10 bits per heavy atom. The van der Waals surface area contributed by atoms with Gasteiger partial charge in [0.25, 0.3) is 0 Å². The summed E-state index contributed by atoms with van der Waals surface area (Å²) < 4.78 is 1.83. The first-order valence-electron chi connectivity index (χ1n) is 6.83. The molecule has 0 aliphatic carbocycles. The number of benzene rings is 1. The van der Waals surface area contributed by atoms with Gasteiger partial charge in [0, 0.05) is 19.6 Å². The molecule has 1 aromatic carbocycles. The van der Waals surface area contributed by atoms with E-state index in [1.807, 2.05) is 10.7 Å². The maximum atomic E-state index is 4.42.